The fourth-order valence-electron chi connectivity index (χ4n) is 2.85. The van der Waals surface area contributed by atoms with Crippen molar-refractivity contribution in [1.29, 1.82) is 0 Å². The molecule has 104 valence electrons. The molecular weight excluding hydrogens is 240 g/mol. The third-order valence-corrected chi connectivity index (χ3v) is 4.20. The van der Waals surface area contributed by atoms with E-state index in [-0.39, 0.29) is 11.2 Å². The number of pyridine rings is 1. The van der Waals surface area contributed by atoms with Crippen molar-refractivity contribution in [2.75, 3.05) is 11.9 Å². The van der Waals surface area contributed by atoms with E-state index in [0.717, 1.165) is 6.42 Å². The first-order valence-electron chi connectivity index (χ1n) is 6.82. The average Bonchev–Trinajstić information content (AvgIpc) is 2.42. The fourth-order valence-corrected chi connectivity index (χ4v) is 2.85. The predicted octanol–water partition coefficient (Wildman–Crippen LogP) is 1.50. The lowest BCUT2D eigenvalue weighted by Gasteiger charge is -2.43. The SMILES string of the molecule is CC1CCCCC1(CN)Nc1cccc(C(N)=O)n1. The number of carbonyl (C=O) groups is 1. The van der Waals surface area contributed by atoms with Crippen LogP contribution in [-0.2, 0) is 0 Å². The van der Waals surface area contributed by atoms with Gasteiger partial charge in [-0.3, -0.25) is 4.79 Å². The Morgan fingerprint density at radius 2 is 2.32 bits per heavy atom. The summed E-state index contributed by atoms with van der Waals surface area (Å²) in [5.41, 5.74) is 11.4. The minimum atomic E-state index is -0.512. The number of aromatic nitrogens is 1. The Labute approximate surface area is 113 Å². The molecule has 5 heteroatoms. The highest BCUT2D eigenvalue weighted by molar-refractivity contribution is 5.91. The number of anilines is 1. The predicted molar refractivity (Wildman–Crippen MR) is 75.8 cm³/mol. The minimum Gasteiger partial charge on any atom is -0.364 e. The summed E-state index contributed by atoms with van der Waals surface area (Å²) in [6, 6.07) is 5.26. The van der Waals surface area contributed by atoms with Crippen LogP contribution < -0.4 is 16.8 Å². The molecule has 2 unspecified atom stereocenters. The van der Waals surface area contributed by atoms with Crippen molar-refractivity contribution in [2.45, 2.75) is 38.1 Å². The number of primary amides is 1. The van der Waals surface area contributed by atoms with Gasteiger partial charge in [-0.05, 0) is 30.9 Å². The van der Waals surface area contributed by atoms with E-state index in [1.54, 1.807) is 12.1 Å². The lowest BCUT2D eigenvalue weighted by molar-refractivity contribution is 0.0995. The maximum Gasteiger partial charge on any atom is 0.267 e. The number of nitrogens with one attached hydrogen (secondary N) is 1. The van der Waals surface area contributed by atoms with Gasteiger partial charge in [-0.1, -0.05) is 25.8 Å². The van der Waals surface area contributed by atoms with Gasteiger partial charge in [-0.15, -0.1) is 0 Å². The molecule has 5 N–H and O–H groups in total. The highest BCUT2D eigenvalue weighted by Crippen LogP contribution is 2.35. The molecule has 1 fully saturated rings. The van der Waals surface area contributed by atoms with E-state index in [2.05, 4.69) is 17.2 Å². The van der Waals surface area contributed by atoms with Crippen molar-refractivity contribution in [2.24, 2.45) is 17.4 Å². The monoisotopic (exact) mass is 262 g/mol. The van der Waals surface area contributed by atoms with Crippen molar-refractivity contribution in [1.82, 2.24) is 4.98 Å². The normalized spacial score (nSPS) is 26.9. The first kappa shape index (κ1) is 13.8. The number of nitrogens with zero attached hydrogens (tertiary/aromatic N) is 1. The maximum absolute atomic E-state index is 11.2. The molecule has 0 bridgehead atoms. The highest BCUT2D eigenvalue weighted by Gasteiger charge is 2.37. The standard InChI is InChI=1S/C14H22N4O/c1-10-5-2-3-8-14(10,9-15)18-12-7-4-6-11(17-12)13(16)19/h4,6-7,10H,2-3,5,8-9,15H2,1H3,(H2,16,19)(H,17,18). The molecule has 1 amide bonds. The Hall–Kier alpha value is -1.62. The molecule has 1 heterocycles. The molecule has 0 spiro atoms. The Balaban J connectivity index is 2.22. The number of rotatable bonds is 4. The molecule has 1 aliphatic rings. The number of nitrogens with two attached hydrogens (primary N) is 2. The van der Waals surface area contributed by atoms with Crippen LogP contribution in [0.1, 0.15) is 43.1 Å². The lowest BCUT2D eigenvalue weighted by Crippen LogP contribution is -2.52. The lowest BCUT2D eigenvalue weighted by atomic mass is 9.73. The van der Waals surface area contributed by atoms with Crippen LogP contribution in [0.5, 0.6) is 0 Å². The molecule has 1 aromatic heterocycles. The second-order valence-corrected chi connectivity index (χ2v) is 5.40. The smallest absolute Gasteiger partial charge is 0.267 e. The number of hydrogen-bond acceptors (Lipinski definition) is 4. The van der Waals surface area contributed by atoms with E-state index in [9.17, 15) is 4.79 Å². The third-order valence-electron chi connectivity index (χ3n) is 4.20. The maximum atomic E-state index is 11.2. The highest BCUT2D eigenvalue weighted by atomic mass is 16.1. The fraction of sp³-hybridized carbons (Fsp3) is 0.571. The number of carbonyl (C=O) groups excluding carboxylic acids is 1. The molecule has 0 radical (unpaired) electrons. The van der Waals surface area contributed by atoms with Crippen LogP contribution in [0.3, 0.4) is 0 Å². The molecule has 0 aromatic carbocycles. The Kier molecular flexibility index (Phi) is 4.04. The van der Waals surface area contributed by atoms with Crippen molar-refractivity contribution >= 4 is 11.7 Å². The van der Waals surface area contributed by atoms with Gasteiger partial charge in [-0.2, -0.15) is 0 Å². The van der Waals surface area contributed by atoms with Gasteiger partial charge >= 0.3 is 0 Å². The van der Waals surface area contributed by atoms with Crippen molar-refractivity contribution < 1.29 is 4.79 Å². The zero-order chi connectivity index (χ0) is 13.9. The van der Waals surface area contributed by atoms with Crippen molar-refractivity contribution in [3.8, 4) is 0 Å². The van der Waals surface area contributed by atoms with Crippen LogP contribution in [0.4, 0.5) is 5.82 Å². The minimum absolute atomic E-state index is 0.123. The third kappa shape index (κ3) is 2.87. The number of hydrogen-bond donors (Lipinski definition) is 3. The summed E-state index contributed by atoms with van der Waals surface area (Å²) in [5.74, 6) is 0.655. The Bertz CT molecular complexity index is 463. The van der Waals surface area contributed by atoms with Crippen molar-refractivity contribution in [3.05, 3.63) is 23.9 Å². The second kappa shape index (κ2) is 5.57. The van der Waals surface area contributed by atoms with E-state index < -0.39 is 5.91 Å². The topological polar surface area (TPSA) is 94.0 Å². The summed E-state index contributed by atoms with van der Waals surface area (Å²) in [4.78, 5) is 15.4. The summed E-state index contributed by atoms with van der Waals surface area (Å²) in [6.07, 6.45) is 4.62. The van der Waals surface area contributed by atoms with Crippen LogP contribution in [0.25, 0.3) is 0 Å². The van der Waals surface area contributed by atoms with Gasteiger partial charge in [-0.25, -0.2) is 4.98 Å². The summed E-state index contributed by atoms with van der Waals surface area (Å²) in [6.45, 7) is 2.79. The van der Waals surface area contributed by atoms with E-state index >= 15 is 0 Å². The van der Waals surface area contributed by atoms with E-state index in [1.807, 2.05) is 6.07 Å². The van der Waals surface area contributed by atoms with Crippen LogP contribution >= 0.6 is 0 Å². The van der Waals surface area contributed by atoms with Gasteiger partial charge in [0, 0.05) is 6.54 Å². The zero-order valence-corrected chi connectivity index (χ0v) is 11.4. The van der Waals surface area contributed by atoms with Gasteiger partial charge < -0.3 is 16.8 Å². The molecule has 1 aliphatic carbocycles. The average molecular weight is 262 g/mol. The van der Waals surface area contributed by atoms with Gasteiger partial charge in [0.2, 0.25) is 0 Å². The summed E-state index contributed by atoms with van der Waals surface area (Å²) in [5, 5.41) is 3.45. The molecule has 1 aromatic rings. The second-order valence-electron chi connectivity index (χ2n) is 5.40. The summed E-state index contributed by atoms with van der Waals surface area (Å²) < 4.78 is 0. The van der Waals surface area contributed by atoms with Crippen LogP contribution in [0, 0.1) is 5.92 Å². The molecule has 0 aliphatic heterocycles. The van der Waals surface area contributed by atoms with Crippen LogP contribution in [-0.4, -0.2) is 23.0 Å². The summed E-state index contributed by atoms with van der Waals surface area (Å²) in [7, 11) is 0. The largest absolute Gasteiger partial charge is 0.364 e. The molecule has 19 heavy (non-hydrogen) atoms. The van der Waals surface area contributed by atoms with E-state index in [1.165, 1.54) is 19.3 Å². The van der Waals surface area contributed by atoms with Gasteiger partial charge in [0.1, 0.15) is 11.5 Å². The van der Waals surface area contributed by atoms with Gasteiger partial charge in [0.15, 0.2) is 0 Å². The molecular formula is C14H22N4O. The molecule has 1 saturated carbocycles. The van der Waals surface area contributed by atoms with Gasteiger partial charge in [0.25, 0.3) is 5.91 Å². The molecule has 2 atom stereocenters. The molecule has 0 saturated heterocycles. The molecule has 2 rings (SSSR count). The Morgan fingerprint density at radius 3 is 2.95 bits per heavy atom. The van der Waals surface area contributed by atoms with Crippen molar-refractivity contribution in [3.63, 3.8) is 0 Å². The van der Waals surface area contributed by atoms with E-state index in [0.29, 0.717) is 18.3 Å². The summed E-state index contributed by atoms with van der Waals surface area (Å²) >= 11 is 0. The van der Waals surface area contributed by atoms with E-state index in [4.69, 9.17) is 11.5 Å². The molecule has 5 nitrogen and oxygen atoms in total. The first-order chi connectivity index (χ1) is 9.07. The first-order valence-corrected chi connectivity index (χ1v) is 6.82. The Morgan fingerprint density at radius 1 is 1.53 bits per heavy atom. The van der Waals surface area contributed by atoms with Crippen LogP contribution in [0.2, 0.25) is 0 Å². The zero-order valence-electron chi connectivity index (χ0n) is 11.4. The quantitative estimate of drug-likeness (QED) is 0.766. The van der Waals surface area contributed by atoms with Gasteiger partial charge in [0.05, 0.1) is 5.54 Å². The number of amides is 1. The van der Waals surface area contributed by atoms with Crippen LogP contribution in [0.15, 0.2) is 18.2 Å².